The molecule has 2 amide bonds. The molecule has 0 radical (unpaired) electrons. The molecule has 0 unspecified atom stereocenters. The number of hydrogen-bond donors (Lipinski definition) is 2. The van der Waals surface area contributed by atoms with Crippen LogP contribution in [0, 0.1) is 0 Å². The van der Waals surface area contributed by atoms with E-state index in [9.17, 15) is 9.59 Å². The normalized spacial score (nSPS) is 14.2. The van der Waals surface area contributed by atoms with Crippen molar-refractivity contribution in [2.24, 2.45) is 0 Å². The van der Waals surface area contributed by atoms with Crippen LogP contribution >= 0.6 is 0 Å². The molecule has 5 nitrogen and oxygen atoms in total. The molecule has 5 heteroatoms. The highest BCUT2D eigenvalue weighted by atomic mass is 16.5. The summed E-state index contributed by atoms with van der Waals surface area (Å²) in [5, 5.41) is 5.63. The molecular weight excluding hydrogens is 292 g/mol. The standard InChI is InChI=1S/C18H18N2O3/c1-12(13-5-3-2-4-6-13)10-19-18(22)14-7-8-15-16(9-14)23-11-17(21)20-15/h2-9,12H,10-11H2,1H3,(H,19,22)(H,20,21)/t12-/m1/s1. The number of carbonyl (C=O) groups is 2. The average Bonchev–Trinajstić information content (AvgIpc) is 2.59. The van der Waals surface area contributed by atoms with Crippen LogP contribution in [-0.2, 0) is 4.79 Å². The number of benzene rings is 2. The van der Waals surface area contributed by atoms with Crippen molar-refractivity contribution in [3.8, 4) is 5.75 Å². The zero-order valence-electron chi connectivity index (χ0n) is 12.8. The Hall–Kier alpha value is -2.82. The lowest BCUT2D eigenvalue weighted by Crippen LogP contribution is -2.28. The van der Waals surface area contributed by atoms with E-state index in [1.54, 1.807) is 18.2 Å². The minimum atomic E-state index is -0.189. The number of fused-ring (bicyclic) bond motifs is 1. The van der Waals surface area contributed by atoms with Crippen LogP contribution in [-0.4, -0.2) is 25.0 Å². The van der Waals surface area contributed by atoms with Gasteiger partial charge < -0.3 is 15.4 Å². The Morgan fingerprint density at radius 3 is 2.83 bits per heavy atom. The van der Waals surface area contributed by atoms with Gasteiger partial charge in [-0.2, -0.15) is 0 Å². The van der Waals surface area contributed by atoms with Crippen LogP contribution in [0.5, 0.6) is 5.75 Å². The van der Waals surface area contributed by atoms with Gasteiger partial charge in [0.25, 0.3) is 11.8 Å². The van der Waals surface area contributed by atoms with Gasteiger partial charge >= 0.3 is 0 Å². The van der Waals surface area contributed by atoms with Gasteiger partial charge in [0.05, 0.1) is 5.69 Å². The summed E-state index contributed by atoms with van der Waals surface area (Å²) in [4.78, 5) is 23.5. The maximum absolute atomic E-state index is 12.3. The molecule has 2 aromatic rings. The number of carbonyl (C=O) groups excluding carboxylic acids is 2. The summed E-state index contributed by atoms with van der Waals surface area (Å²) in [5.41, 5.74) is 2.29. The van der Waals surface area contributed by atoms with Crippen LogP contribution in [0.25, 0.3) is 0 Å². The predicted molar refractivity (Wildman–Crippen MR) is 87.8 cm³/mol. The van der Waals surface area contributed by atoms with Gasteiger partial charge in [-0.15, -0.1) is 0 Å². The summed E-state index contributed by atoms with van der Waals surface area (Å²) in [6.45, 7) is 2.60. The summed E-state index contributed by atoms with van der Waals surface area (Å²) in [5.74, 6) is 0.407. The van der Waals surface area contributed by atoms with E-state index in [1.807, 2.05) is 30.3 Å². The molecule has 1 aliphatic rings. The quantitative estimate of drug-likeness (QED) is 0.912. The summed E-state index contributed by atoms with van der Waals surface area (Å²) in [6, 6.07) is 15.1. The maximum Gasteiger partial charge on any atom is 0.262 e. The van der Waals surface area contributed by atoms with Crippen LogP contribution in [0.3, 0.4) is 0 Å². The maximum atomic E-state index is 12.3. The Morgan fingerprint density at radius 2 is 2.04 bits per heavy atom. The summed E-state index contributed by atoms with van der Waals surface area (Å²) < 4.78 is 5.33. The highest BCUT2D eigenvalue weighted by Gasteiger charge is 2.18. The summed E-state index contributed by atoms with van der Waals surface area (Å²) in [7, 11) is 0. The molecule has 0 aliphatic carbocycles. The second-order valence-corrected chi connectivity index (χ2v) is 5.57. The number of amides is 2. The second-order valence-electron chi connectivity index (χ2n) is 5.57. The highest BCUT2D eigenvalue weighted by molar-refractivity contribution is 5.99. The fourth-order valence-corrected chi connectivity index (χ4v) is 2.46. The van der Waals surface area contributed by atoms with E-state index < -0.39 is 0 Å². The van der Waals surface area contributed by atoms with Crippen molar-refractivity contribution in [1.82, 2.24) is 5.32 Å². The Balaban J connectivity index is 1.64. The Morgan fingerprint density at radius 1 is 1.26 bits per heavy atom. The van der Waals surface area contributed by atoms with Crippen molar-refractivity contribution >= 4 is 17.5 Å². The van der Waals surface area contributed by atoms with Gasteiger partial charge in [-0.05, 0) is 29.7 Å². The third-order valence-electron chi connectivity index (χ3n) is 3.81. The van der Waals surface area contributed by atoms with E-state index in [0.717, 1.165) is 0 Å². The number of ether oxygens (including phenoxy) is 1. The molecule has 1 heterocycles. The van der Waals surface area contributed by atoms with Crippen molar-refractivity contribution in [3.63, 3.8) is 0 Å². The number of rotatable bonds is 4. The third-order valence-corrected chi connectivity index (χ3v) is 3.81. The highest BCUT2D eigenvalue weighted by Crippen LogP contribution is 2.28. The van der Waals surface area contributed by atoms with Crippen LogP contribution in [0.15, 0.2) is 48.5 Å². The largest absolute Gasteiger partial charge is 0.482 e. The topological polar surface area (TPSA) is 67.4 Å². The molecular formula is C18H18N2O3. The van der Waals surface area contributed by atoms with Gasteiger partial charge in [-0.25, -0.2) is 0 Å². The Bertz CT molecular complexity index is 728. The van der Waals surface area contributed by atoms with E-state index in [0.29, 0.717) is 23.5 Å². The first-order valence-electron chi connectivity index (χ1n) is 7.53. The molecule has 118 valence electrons. The average molecular weight is 310 g/mol. The van der Waals surface area contributed by atoms with Crippen molar-refractivity contribution in [3.05, 3.63) is 59.7 Å². The lowest BCUT2D eigenvalue weighted by atomic mass is 10.0. The van der Waals surface area contributed by atoms with Gasteiger partial charge in [0.2, 0.25) is 0 Å². The zero-order valence-corrected chi connectivity index (χ0v) is 12.8. The lowest BCUT2D eigenvalue weighted by molar-refractivity contribution is -0.118. The number of nitrogens with one attached hydrogen (secondary N) is 2. The monoisotopic (exact) mass is 310 g/mol. The van der Waals surface area contributed by atoms with E-state index in [2.05, 4.69) is 17.6 Å². The minimum Gasteiger partial charge on any atom is -0.482 e. The van der Waals surface area contributed by atoms with Gasteiger partial charge in [0.15, 0.2) is 6.61 Å². The van der Waals surface area contributed by atoms with Gasteiger partial charge in [0.1, 0.15) is 5.75 Å². The SMILES string of the molecule is C[C@H](CNC(=O)c1ccc2c(c1)OCC(=O)N2)c1ccccc1. The van der Waals surface area contributed by atoms with Crippen LogP contribution < -0.4 is 15.4 Å². The first-order valence-corrected chi connectivity index (χ1v) is 7.53. The molecule has 1 atom stereocenters. The van der Waals surface area contributed by atoms with E-state index in [-0.39, 0.29) is 24.3 Å². The first-order chi connectivity index (χ1) is 11.1. The first kappa shape index (κ1) is 15.1. The van der Waals surface area contributed by atoms with Crippen molar-refractivity contribution in [1.29, 1.82) is 0 Å². The lowest BCUT2D eigenvalue weighted by Gasteiger charge is -2.18. The van der Waals surface area contributed by atoms with Gasteiger partial charge in [-0.1, -0.05) is 37.3 Å². The smallest absolute Gasteiger partial charge is 0.262 e. The molecule has 0 saturated carbocycles. The number of hydrogen-bond acceptors (Lipinski definition) is 3. The summed E-state index contributed by atoms with van der Waals surface area (Å²) in [6.07, 6.45) is 0. The summed E-state index contributed by atoms with van der Waals surface area (Å²) >= 11 is 0. The molecule has 3 rings (SSSR count). The van der Waals surface area contributed by atoms with Crippen LogP contribution in [0.1, 0.15) is 28.8 Å². The fourth-order valence-electron chi connectivity index (χ4n) is 2.46. The number of anilines is 1. The molecule has 0 saturated heterocycles. The molecule has 2 N–H and O–H groups in total. The van der Waals surface area contributed by atoms with Gasteiger partial charge in [0, 0.05) is 12.1 Å². The fraction of sp³-hybridized carbons (Fsp3) is 0.222. The Labute approximate surface area is 134 Å². The van der Waals surface area contributed by atoms with Crippen molar-refractivity contribution in [2.75, 3.05) is 18.5 Å². The van der Waals surface area contributed by atoms with Crippen LogP contribution in [0.4, 0.5) is 5.69 Å². The molecule has 1 aliphatic heterocycles. The van der Waals surface area contributed by atoms with E-state index in [1.165, 1.54) is 5.56 Å². The third kappa shape index (κ3) is 3.51. The molecule has 2 aromatic carbocycles. The molecule has 23 heavy (non-hydrogen) atoms. The molecule has 0 fully saturated rings. The van der Waals surface area contributed by atoms with E-state index in [4.69, 9.17) is 4.74 Å². The van der Waals surface area contributed by atoms with Crippen molar-refractivity contribution in [2.45, 2.75) is 12.8 Å². The molecule has 0 spiro atoms. The Kier molecular flexibility index (Phi) is 4.28. The van der Waals surface area contributed by atoms with Crippen LogP contribution in [0.2, 0.25) is 0 Å². The molecule has 0 aromatic heterocycles. The van der Waals surface area contributed by atoms with Gasteiger partial charge in [-0.3, -0.25) is 9.59 Å². The second kappa shape index (κ2) is 6.52. The minimum absolute atomic E-state index is 0.0247. The predicted octanol–water partition coefficient (Wildman–Crippen LogP) is 2.55. The molecule has 0 bridgehead atoms. The van der Waals surface area contributed by atoms with Crippen molar-refractivity contribution < 1.29 is 14.3 Å². The zero-order chi connectivity index (χ0) is 16.2. The van der Waals surface area contributed by atoms with E-state index >= 15 is 0 Å².